The number of carbonyl (C=O) groups is 3. The lowest BCUT2D eigenvalue weighted by molar-refractivity contribution is -0.150. The summed E-state index contributed by atoms with van der Waals surface area (Å²) < 4.78 is 0. The van der Waals surface area contributed by atoms with Gasteiger partial charge in [0.1, 0.15) is 0 Å². The summed E-state index contributed by atoms with van der Waals surface area (Å²) in [6.07, 6.45) is 1.83. The monoisotopic (exact) mass is 257 g/mol. The fourth-order valence-electron chi connectivity index (χ4n) is 1.90. The number of carbonyl (C=O) groups excluding carboxylic acids is 3. The van der Waals surface area contributed by atoms with Crippen LogP contribution < -0.4 is 0 Å². The predicted octanol–water partition coefficient (Wildman–Crippen LogP) is 2.01. The van der Waals surface area contributed by atoms with Gasteiger partial charge < -0.3 is 0 Å². The van der Waals surface area contributed by atoms with Gasteiger partial charge in [-0.15, -0.1) is 0 Å². The van der Waals surface area contributed by atoms with Crippen molar-refractivity contribution in [3.8, 4) is 0 Å². The highest BCUT2D eigenvalue weighted by atomic mass is 16.2. The van der Waals surface area contributed by atoms with Crippen LogP contribution in [-0.4, -0.2) is 22.6 Å². The van der Waals surface area contributed by atoms with E-state index in [2.05, 4.69) is 0 Å². The summed E-state index contributed by atoms with van der Waals surface area (Å²) in [7, 11) is 0. The molecule has 1 heterocycles. The van der Waals surface area contributed by atoms with Gasteiger partial charge in [0, 0.05) is 12.0 Å². The van der Waals surface area contributed by atoms with Crippen molar-refractivity contribution in [1.29, 1.82) is 0 Å². The van der Waals surface area contributed by atoms with E-state index in [-0.39, 0.29) is 11.5 Å². The van der Waals surface area contributed by atoms with Gasteiger partial charge >= 0.3 is 0 Å². The summed E-state index contributed by atoms with van der Waals surface area (Å²) in [4.78, 5) is 36.8. The third-order valence-corrected chi connectivity index (χ3v) is 3.26. The molecular formula is C15H15NO3. The van der Waals surface area contributed by atoms with Gasteiger partial charge in [0.15, 0.2) is 0 Å². The van der Waals surface area contributed by atoms with E-state index in [1.54, 1.807) is 31.2 Å². The summed E-state index contributed by atoms with van der Waals surface area (Å²) in [6, 6.07) is 8.88. The number of nitrogens with zero attached hydrogens (tertiary/aromatic N) is 1. The Morgan fingerprint density at radius 3 is 2.42 bits per heavy atom. The minimum absolute atomic E-state index is 0.280. The molecule has 4 heteroatoms. The highest BCUT2D eigenvalue weighted by Gasteiger charge is 2.37. The minimum atomic E-state index is -0.547. The molecule has 1 unspecified atom stereocenters. The maximum absolute atomic E-state index is 12.2. The van der Waals surface area contributed by atoms with Gasteiger partial charge in [0.05, 0.1) is 5.57 Å². The summed E-state index contributed by atoms with van der Waals surface area (Å²) in [5.74, 6) is -1.84. The molecule has 98 valence electrons. The molecule has 0 radical (unpaired) electrons. The first-order valence-corrected chi connectivity index (χ1v) is 6.25. The Balaban J connectivity index is 2.30. The Bertz CT molecular complexity index is 560. The van der Waals surface area contributed by atoms with Gasteiger partial charge in [0.25, 0.3) is 11.8 Å². The first kappa shape index (κ1) is 13.2. The van der Waals surface area contributed by atoms with Crippen LogP contribution in [0.5, 0.6) is 0 Å². The highest BCUT2D eigenvalue weighted by molar-refractivity contribution is 6.38. The number of hydrogen-bond donors (Lipinski definition) is 0. The van der Waals surface area contributed by atoms with E-state index in [4.69, 9.17) is 0 Å². The zero-order valence-electron chi connectivity index (χ0n) is 10.9. The summed E-state index contributed by atoms with van der Waals surface area (Å²) in [5.41, 5.74) is 0.933. The molecule has 3 amide bonds. The van der Waals surface area contributed by atoms with E-state index in [0.29, 0.717) is 12.0 Å². The molecule has 0 saturated heterocycles. The molecule has 1 aromatic rings. The normalized spacial score (nSPS) is 16.5. The van der Waals surface area contributed by atoms with E-state index in [1.807, 2.05) is 13.0 Å². The van der Waals surface area contributed by atoms with Crippen LogP contribution in [-0.2, 0) is 14.4 Å². The first-order valence-electron chi connectivity index (χ1n) is 6.25. The smallest absolute Gasteiger partial charge is 0.268 e. The van der Waals surface area contributed by atoms with Gasteiger partial charge in [-0.1, -0.05) is 44.2 Å². The standard InChI is InChI=1S/C15H15NO3/c1-3-10(2)14(18)16-13(17)9-12(15(16)19)11-7-5-4-6-8-11/h4-10H,3H2,1-2H3. The third-order valence-electron chi connectivity index (χ3n) is 3.26. The zero-order chi connectivity index (χ0) is 14.0. The molecule has 0 N–H and O–H groups in total. The van der Waals surface area contributed by atoms with Crippen LogP contribution in [0.15, 0.2) is 36.4 Å². The van der Waals surface area contributed by atoms with Gasteiger partial charge in [0.2, 0.25) is 5.91 Å². The molecule has 0 saturated carbocycles. The summed E-state index contributed by atoms with van der Waals surface area (Å²) in [6.45, 7) is 3.56. The van der Waals surface area contributed by atoms with Crippen molar-refractivity contribution >= 4 is 23.3 Å². The van der Waals surface area contributed by atoms with Gasteiger partial charge in [-0.2, -0.15) is 0 Å². The molecule has 0 aromatic heterocycles. The molecule has 0 spiro atoms. The molecule has 1 atom stereocenters. The van der Waals surface area contributed by atoms with E-state index >= 15 is 0 Å². The maximum atomic E-state index is 12.2. The Kier molecular flexibility index (Phi) is 3.60. The first-order chi connectivity index (χ1) is 9.06. The van der Waals surface area contributed by atoms with Crippen LogP contribution in [0.2, 0.25) is 0 Å². The van der Waals surface area contributed by atoms with Crippen molar-refractivity contribution in [3.63, 3.8) is 0 Å². The van der Waals surface area contributed by atoms with Crippen LogP contribution in [0.4, 0.5) is 0 Å². The molecule has 1 aliphatic heterocycles. The fraction of sp³-hybridized carbons (Fsp3) is 0.267. The van der Waals surface area contributed by atoms with E-state index in [0.717, 1.165) is 4.90 Å². The highest BCUT2D eigenvalue weighted by Crippen LogP contribution is 2.24. The number of amides is 3. The molecule has 4 nitrogen and oxygen atoms in total. The van der Waals surface area contributed by atoms with Crippen LogP contribution >= 0.6 is 0 Å². The Morgan fingerprint density at radius 1 is 1.21 bits per heavy atom. The number of rotatable bonds is 3. The second-order valence-electron chi connectivity index (χ2n) is 4.55. The third kappa shape index (κ3) is 2.34. The molecule has 0 bridgehead atoms. The Labute approximate surface area is 111 Å². The van der Waals surface area contributed by atoms with E-state index < -0.39 is 17.7 Å². The minimum Gasteiger partial charge on any atom is -0.274 e. The quantitative estimate of drug-likeness (QED) is 0.778. The maximum Gasteiger partial charge on any atom is 0.268 e. The second kappa shape index (κ2) is 5.18. The van der Waals surface area contributed by atoms with Gasteiger partial charge in [-0.3, -0.25) is 14.4 Å². The lowest BCUT2D eigenvalue weighted by Gasteiger charge is -2.16. The largest absolute Gasteiger partial charge is 0.274 e. The lowest BCUT2D eigenvalue weighted by Crippen LogP contribution is -2.40. The molecule has 2 rings (SSSR count). The van der Waals surface area contributed by atoms with Crippen molar-refractivity contribution in [2.45, 2.75) is 20.3 Å². The van der Waals surface area contributed by atoms with Crippen molar-refractivity contribution < 1.29 is 14.4 Å². The van der Waals surface area contributed by atoms with Crippen molar-refractivity contribution in [2.24, 2.45) is 5.92 Å². The van der Waals surface area contributed by atoms with Gasteiger partial charge in [-0.25, -0.2) is 4.90 Å². The Morgan fingerprint density at radius 2 is 1.84 bits per heavy atom. The second-order valence-corrected chi connectivity index (χ2v) is 4.55. The fourth-order valence-corrected chi connectivity index (χ4v) is 1.90. The summed E-state index contributed by atoms with van der Waals surface area (Å²) in [5, 5.41) is 0. The molecule has 0 fully saturated rings. The van der Waals surface area contributed by atoms with E-state index in [1.165, 1.54) is 6.08 Å². The molecular weight excluding hydrogens is 242 g/mol. The van der Waals surface area contributed by atoms with Crippen LogP contribution in [0.3, 0.4) is 0 Å². The molecule has 1 aromatic carbocycles. The number of hydrogen-bond acceptors (Lipinski definition) is 3. The van der Waals surface area contributed by atoms with Crippen molar-refractivity contribution in [3.05, 3.63) is 42.0 Å². The molecule has 0 aliphatic carbocycles. The van der Waals surface area contributed by atoms with Crippen LogP contribution in [0.25, 0.3) is 5.57 Å². The van der Waals surface area contributed by atoms with Crippen molar-refractivity contribution in [2.75, 3.05) is 0 Å². The average molecular weight is 257 g/mol. The van der Waals surface area contributed by atoms with Crippen LogP contribution in [0.1, 0.15) is 25.8 Å². The molecule has 19 heavy (non-hydrogen) atoms. The Hall–Kier alpha value is -2.23. The van der Waals surface area contributed by atoms with Crippen LogP contribution in [0, 0.1) is 5.92 Å². The predicted molar refractivity (Wildman–Crippen MR) is 70.7 cm³/mol. The molecule has 1 aliphatic rings. The van der Waals surface area contributed by atoms with E-state index in [9.17, 15) is 14.4 Å². The number of imide groups is 3. The average Bonchev–Trinajstić information content (AvgIpc) is 2.73. The van der Waals surface area contributed by atoms with Crippen molar-refractivity contribution in [1.82, 2.24) is 4.90 Å². The lowest BCUT2D eigenvalue weighted by atomic mass is 10.1. The zero-order valence-corrected chi connectivity index (χ0v) is 10.9. The topological polar surface area (TPSA) is 54.5 Å². The van der Waals surface area contributed by atoms with Gasteiger partial charge in [-0.05, 0) is 12.0 Å². The summed E-state index contributed by atoms with van der Waals surface area (Å²) >= 11 is 0. The number of benzene rings is 1. The SMILES string of the molecule is CCC(C)C(=O)N1C(=O)C=C(c2ccccc2)C1=O.